The smallest absolute Gasteiger partial charge is 0.165 e. The standard InChI is InChI=1S/C16H24BrNO2/c1-3-20-16-12(9-13(17)10-15(16)19-2)11-18-14-7-5-4-6-8-14/h9-10,14,18H,3-8,11H2,1-2H3. The van der Waals surface area contributed by atoms with Crippen LogP contribution in [0.2, 0.25) is 0 Å². The minimum Gasteiger partial charge on any atom is -0.493 e. The van der Waals surface area contributed by atoms with Gasteiger partial charge in [0.05, 0.1) is 13.7 Å². The van der Waals surface area contributed by atoms with Gasteiger partial charge >= 0.3 is 0 Å². The molecule has 0 radical (unpaired) electrons. The first-order chi connectivity index (χ1) is 9.74. The van der Waals surface area contributed by atoms with Gasteiger partial charge in [-0.3, -0.25) is 0 Å². The summed E-state index contributed by atoms with van der Waals surface area (Å²) < 4.78 is 12.2. The highest BCUT2D eigenvalue weighted by Crippen LogP contribution is 2.35. The average molecular weight is 342 g/mol. The maximum Gasteiger partial charge on any atom is 0.165 e. The summed E-state index contributed by atoms with van der Waals surface area (Å²) in [5.41, 5.74) is 1.16. The van der Waals surface area contributed by atoms with Crippen LogP contribution in [0.4, 0.5) is 0 Å². The molecule has 0 aliphatic heterocycles. The zero-order chi connectivity index (χ0) is 14.4. The molecule has 0 saturated heterocycles. The molecular formula is C16H24BrNO2. The molecule has 112 valence electrons. The molecule has 1 aliphatic rings. The molecule has 0 atom stereocenters. The van der Waals surface area contributed by atoms with Crippen LogP contribution in [0.15, 0.2) is 16.6 Å². The Morgan fingerprint density at radius 2 is 2.00 bits per heavy atom. The third kappa shape index (κ3) is 4.13. The second-order valence-electron chi connectivity index (χ2n) is 5.25. The van der Waals surface area contributed by atoms with Crippen molar-refractivity contribution < 1.29 is 9.47 Å². The van der Waals surface area contributed by atoms with Crippen LogP contribution in [0, 0.1) is 0 Å². The number of ether oxygens (including phenoxy) is 2. The van der Waals surface area contributed by atoms with E-state index in [0.717, 1.165) is 28.1 Å². The molecule has 2 rings (SSSR count). The van der Waals surface area contributed by atoms with Gasteiger partial charge in [-0.15, -0.1) is 0 Å². The van der Waals surface area contributed by atoms with Crippen LogP contribution in [0.3, 0.4) is 0 Å². The third-order valence-corrected chi connectivity index (χ3v) is 4.25. The van der Waals surface area contributed by atoms with E-state index in [9.17, 15) is 0 Å². The Kier molecular flexibility index (Phi) is 6.17. The minimum atomic E-state index is 0.642. The number of benzene rings is 1. The lowest BCUT2D eigenvalue weighted by atomic mass is 9.95. The number of nitrogens with one attached hydrogen (secondary N) is 1. The van der Waals surface area contributed by atoms with Gasteiger partial charge in [0.25, 0.3) is 0 Å². The molecule has 1 saturated carbocycles. The van der Waals surface area contributed by atoms with Crippen LogP contribution >= 0.6 is 15.9 Å². The molecule has 20 heavy (non-hydrogen) atoms. The minimum absolute atomic E-state index is 0.642. The molecule has 1 N–H and O–H groups in total. The lowest BCUT2D eigenvalue weighted by Gasteiger charge is -2.24. The molecule has 4 heteroatoms. The first-order valence-corrected chi connectivity index (χ1v) is 8.26. The highest BCUT2D eigenvalue weighted by molar-refractivity contribution is 9.10. The predicted molar refractivity (Wildman–Crippen MR) is 85.6 cm³/mol. The van der Waals surface area contributed by atoms with E-state index in [-0.39, 0.29) is 0 Å². The fourth-order valence-corrected chi connectivity index (χ4v) is 3.26. The summed E-state index contributed by atoms with van der Waals surface area (Å²) in [5.74, 6) is 1.66. The Labute approximate surface area is 130 Å². The monoisotopic (exact) mass is 341 g/mol. The fourth-order valence-electron chi connectivity index (χ4n) is 2.77. The van der Waals surface area contributed by atoms with E-state index in [1.54, 1.807) is 7.11 Å². The predicted octanol–water partition coefficient (Wildman–Crippen LogP) is 4.28. The molecule has 0 unspecified atom stereocenters. The van der Waals surface area contributed by atoms with E-state index in [0.29, 0.717) is 12.6 Å². The number of hydrogen-bond acceptors (Lipinski definition) is 3. The van der Waals surface area contributed by atoms with E-state index in [4.69, 9.17) is 9.47 Å². The summed E-state index contributed by atoms with van der Waals surface area (Å²) in [7, 11) is 1.68. The lowest BCUT2D eigenvalue weighted by Crippen LogP contribution is -2.30. The second-order valence-corrected chi connectivity index (χ2v) is 6.16. The van der Waals surface area contributed by atoms with Crippen molar-refractivity contribution in [2.75, 3.05) is 13.7 Å². The Hall–Kier alpha value is -0.740. The summed E-state index contributed by atoms with van der Waals surface area (Å²) in [6, 6.07) is 4.71. The van der Waals surface area contributed by atoms with Crippen molar-refractivity contribution in [1.29, 1.82) is 0 Å². The van der Waals surface area contributed by atoms with E-state index in [1.807, 2.05) is 13.0 Å². The largest absolute Gasteiger partial charge is 0.493 e. The molecular weight excluding hydrogens is 318 g/mol. The number of rotatable bonds is 6. The second kappa shape index (κ2) is 7.89. The van der Waals surface area contributed by atoms with E-state index in [1.165, 1.54) is 32.1 Å². The average Bonchev–Trinajstić information content (AvgIpc) is 2.48. The summed E-state index contributed by atoms with van der Waals surface area (Å²) in [6.45, 7) is 3.48. The Balaban J connectivity index is 2.09. The van der Waals surface area contributed by atoms with Gasteiger partial charge in [0.1, 0.15) is 0 Å². The fraction of sp³-hybridized carbons (Fsp3) is 0.625. The van der Waals surface area contributed by atoms with Gasteiger partial charge in [-0.05, 0) is 31.9 Å². The maximum atomic E-state index is 5.77. The summed E-state index contributed by atoms with van der Waals surface area (Å²) in [4.78, 5) is 0. The third-order valence-electron chi connectivity index (χ3n) is 3.79. The Morgan fingerprint density at radius 1 is 1.25 bits per heavy atom. The summed E-state index contributed by atoms with van der Waals surface area (Å²) in [5, 5.41) is 3.66. The van der Waals surface area contributed by atoms with Crippen LogP contribution in [-0.2, 0) is 6.54 Å². The van der Waals surface area contributed by atoms with E-state index >= 15 is 0 Å². The van der Waals surface area contributed by atoms with Gasteiger partial charge in [-0.1, -0.05) is 35.2 Å². The van der Waals surface area contributed by atoms with Gasteiger partial charge in [0.2, 0.25) is 0 Å². The molecule has 0 bridgehead atoms. The zero-order valence-electron chi connectivity index (χ0n) is 12.4. The summed E-state index contributed by atoms with van der Waals surface area (Å²) in [6.07, 6.45) is 6.65. The highest BCUT2D eigenvalue weighted by Gasteiger charge is 2.16. The molecule has 1 aliphatic carbocycles. The number of hydrogen-bond donors (Lipinski definition) is 1. The van der Waals surface area contributed by atoms with Gasteiger partial charge in [0.15, 0.2) is 11.5 Å². The quantitative estimate of drug-likeness (QED) is 0.837. The highest BCUT2D eigenvalue weighted by atomic mass is 79.9. The molecule has 0 amide bonds. The van der Waals surface area contributed by atoms with Gasteiger partial charge in [0, 0.05) is 22.6 Å². The van der Waals surface area contributed by atoms with Gasteiger partial charge in [-0.25, -0.2) is 0 Å². The Morgan fingerprint density at radius 3 is 2.65 bits per heavy atom. The summed E-state index contributed by atoms with van der Waals surface area (Å²) >= 11 is 3.54. The molecule has 1 fully saturated rings. The molecule has 1 aromatic rings. The van der Waals surface area contributed by atoms with Crippen molar-refractivity contribution >= 4 is 15.9 Å². The van der Waals surface area contributed by atoms with Crippen LogP contribution in [0.1, 0.15) is 44.6 Å². The topological polar surface area (TPSA) is 30.5 Å². The van der Waals surface area contributed by atoms with Crippen molar-refractivity contribution in [3.8, 4) is 11.5 Å². The van der Waals surface area contributed by atoms with Crippen molar-refractivity contribution in [3.05, 3.63) is 22.2 Å². The normalized spacial score (nSPS) is 16.1. The molecule has 3 nitrogen and oxygen atoms in total. The lowest BCUT2D eigenvalue weighted by molar-refractivity contribution is 0.304. The zero-order valence-corrected chi connectivity index (χ0v) is 14.0. The first kappa shape index (κ1) is 15.6. The molecule has 0 aromatic heterocycles. The van der Waals surface area contributed by atoms with Gasteiger partial charge < -0.3 is 14.8 Å². The van der Waals surface area contributed by atoms with Crippen molar-refractivity contribution in [2.24, 2.45) is 0 Å². The number of methoxy groups -OCH3 is 1. The van der Waals surface area contributed by atoms with E-state index < -0.39 is 0 Å². The van der Waals surface area contributed by atoms with Crippen LogP contribution in [0.25, 0.3) is 0 Å². The first-order valence-electron chi connectivity index (χ1n) is 7.47. The van der Waals surface area contributed by atoms with Crippen LogP contribution in [-0.4, -0.2) is 19.8 Å². The van der Waals surface area contributed by atoms with Crippen molar-refractivity contribution in [2.45, 2.75) is 51.6 Å². The SMILES string of the molecule is CCOc1c(CNC2CCCCC2)cc(Br)cc1OC. The van der Waals surface area contributed by atoms with Crippen LogP contribution in [0.5, 0.6) is 11.5 Å². The van der Waals surface area contributed by atoms with Crippen LogP contribution < -0.4 is 14.8 Å². The van der Waals surface area contributed by atoms with E-state index in [2.05, 4.69) is 27.3 Å². The molecule has 1 aromatic carbocycles. The van der Waals surface area contributed by atoms with Crippen molar-refractivity contribution in [3.63, 3.8) is 0 Å². The number of halogens is 1. The maximum absolute atomic E-state index is 5.77. The Bertz CT molecular complexity index is 431. The van der Waals surface area contributed by atoms with Crippen molar-refractivity contribution in [1.82, 2.24) is 5.32 Å². The van der Waals surface area contributed by atoms with Gasteiger partial charge in [-0.2, -0.15) is 0 Å². The molecule has 0 spiro atoms. The molecule has 0 heterocycles.